The molecule has 0 radical (unpaired) electrons. The summed E-state index contributed by atoms with van der Waals surface area (Å²) in [5.41, 5.74) is 1.26. The summed E-state index contributed by atoms with van der Waals surface area (Å²) in [6.45, 7) is 6.66. The van der Waals surface area contributed by atoms with E-state index in [4.69, 9.17) is 0 Å². The smallest absolute Gasteiger partial charge is 0.308 e. The van der Waals surface area contributed by atoms with Crippen molar-refractivity contribution in [3.8, 4) is 0 Å². The molecule has 1 saturated heterocycles. The Balaban J connectivity index is 2.03. The minimum Gasteiger partial charge on any atom is -0.481 e. The highest BCUT2D eigenvalue weighted by Gasteiger charge is 2.38. The Morgan fingerprint density at radius 2 is 2.00 bits per heavy atom. The van der Waals surface area contributed by atoms with Gasteiger partial charge >= 0.3 is 5.97 Å². The van der Waals surface area contributed by atoms with Crippen molar-refractivity contribution in [2.24, 2.45) is 17.8 Å². The van der Waals surface area contributed by atoms with Gasteiger partial charge in [-0.05, 0) is 17.4 Å². The molecule has 1 aromatic rings. The third-order valence-corrected chi connectivity index (χ3v) is 3.86. The molecule has 0 aliphatic carbocycles. The van der Waals surface area contributed by atoms with Gasteiger partial charge in [0.05, 0.1) is 5.92 Å². The largest absolute Gasteiger partial charge is 0.481 e. The summed E-state index contributed by atoms with van der Waals surface area (Å²) in [4.78, 5) is 13.6. The lowest BCUT2D eigenvalue weighted by molar-refractivity contribution is -0.143. The van der Waals surface area contributed by atoms with E-state index in [1.54, 1.807) is 0 Å². The van der Waals surface area contributed by atoms with Gasteiger partial charge in [0, 0.05) is 19.6 Å². The van der Waals surface area contributed by atoms with E-state index < -0.39 is 5.97 Å². The zero-order chi connectivity index (χ0) is 13.1. The van der Waals surface area contributed by atoms with Crippen LogP contribution in [0.15, 0.2) is 30.3 Å². The number of carboxylic acid groups (broad SMARTS) is 1. The molecule has 3 heteroatoms. The van der Waals surface area contributed by atoms with E-state index in [1.165, 1.54) is 5.56 Å². The second-order valence-corrected chi connectivity index (χ2v) is 5.53. The number of carbonyl (C=O) groups is 1. The normalized spacial score (nSPS) is 24.6. The van der Waals surface area contributed by atoms with E-state index in [1.807, 2.05) is 18.2 Å². The lowest BCUT2D eigenvalue weighted by Gasteiger charge is -2.18. The summed E-state index contributed by atoms with van der Waals surface area (Å²) < 4.78 is 0. The first-order valence-electron chi connectivity index (χ1n) is 6.57. The standard InChI is InChI=1S/C15H21NO2/c1-11(2)13-9-16(10-14(13)15(17)18)8-12-6-4-3-5-7-12/h3-7,11,13-14H,8-10H2,1-2H3,(H,17,18)/t13-,14-/m1/s1. The third-order valence-electron chi connectivity index (χ3n) is 3.86. The lowest BCUT2D eigenvalue weighted by Crippen LogP contribution is -2.25. The molecule has 0 unspecified atom stereocenters. The maximum Gasteiger partial charge on any atom is 0.308 e. The Kier molecular flexibility index (Phi) is 4.02. The fraction of sp³-hybridized carbons (Fsp3) is 0.533. The summed E-state index contributed by atoms with van der Waals surface area (Å²) >= 11 is 0. The molecular formula is C15H21NO2. The minimum absolute atomic E-state index is 0.214. The average molecular weight is 247 g/mol. The van der Waals surface area contributed by atoms with Crippen LogP contribution in [0.4, 0.5) is 0 Å². The molecule has 0 bridgehead atoms. The van der Waals surface area contributed by atoms with Crippen molar-refractivity contribution in [3.63, 3.8) is 0 Å². The molecule has 0 aromatic heterocycles. The first-order valence-corrected chi connectivity index (χ1v) is 6.57. The van der Waals surface area contributed by atoms with Gasteiger partial charge in [0.25, 0.3) is 0 Å². The van der Waals surface area contributed by atoms with Crippen molar-refractivity contribution in [1.29, 1.82) is 0 Å². The molecule has 98 valence electrons. The fourth-order valence-corrected chi connectivity index (χ4v) is 2.82. The van der Waals surface area contributed by atoms with Crippen LogP contribution < -0.4 is 0 Å². The first-order chi connectivity index (χ1) is 8.58. The van der Waals surface area contributed by atoms with Gasteiger partial charge in [-0.3, -0.25) is 9.69 Å². The second kappa shape index (κ2) is 5.53. The Morgan fingerprint density at radius 1 is 1.33 bits per heavy atom. The summed E-state index contributed by atoms with van der Waals surface area (Å²) in [6, 6.07) is 10.3. The van der Waals surface area contributed by atoms with E-state index in [0.717, 1.165) is 13.1 Å². The van der Waals surface area contributed by atoms with E-state index in [2.05, 4.69) is 30.9 Å². The third kappa shape index (κ3) is 2.91. The molecule has 1 fully saturated rings. The van der Waals surface area contributed by atoms with Crippen LogP contribution in [0.2, 0.25) is 0 Å². The zero-order valence-corrected chi connectivity index (χ0v) is 11.0. The molecule has 2 rings (SSSR count). The number of benzene rings is 1. The topological polar surface area (TPSA) is 40.5 Å². The molecule has 1 heterocycles. The van der Waals surface area contributed by atoms with Crippen molar-refractivity contribution >= 4 is 5.97 Å². The molecule has 0 saturated carbocycles. The number of carboxylic acids is 1. The van der Waals surface area contributed by atoms with Crippen LogP contribution in [-0.4, -0.2) is 29.1 Å². The van der Waals surface area contributed by atoms with Crippen LogP contribution in [0, 0.1) is 17.8 Å². The van der Waals surface area contributed by atoms with Gasteiger partial charge in [-0.1, -0.05) is 44.2 Å². The first kappa shape index (κ1) is 13.1. The molecule has 1 aliphatic rings. The summed E-state index contributed by atoms with van der Waals surface area (Å²) in [7, 11) is 0. The number of rotatable bonds is 4. The molecule has 3 nitrogen and oxygen atoms in total. The zero-order valence-electron chi connectivity index (χ0n) is 11.0. The number of hydrogen-bond acceptors (Lipinski definition) is 2. The van der Waals surface area contributed by atoms with Crippen LogP contribution in [-0.2, 0) is 11.3 Å². The van der Waals surface area contributed by atoms with Crippen molar-refractivity contribution in [1.82, 2.24) is 4.90 Å². The van der Waals surface area contributed by atoms with E-state index in [-0.39, 0.29) is 11.8 Å². The Labute approximate surface area is 108 Å². The van der Waals surface area contributed by atoms with Gasteiger partial charge in [0.15, 0.2) is 0 Å². The monoisotopic (exact) mass is 247 g/mol. The van der Waals surface area contributed by atoms with Crippen LogP contribution in [0.1, 0.15) is 19.4 Å². The van der Waals surface area contributed by atoms with E-state index in [9.17, 15) is 9.90 Å². The highest BCUT2D eigenvalue weighted by atomic mass is 16.4. The van der Waals surface area contributed by atoms with Gasteiger partial charge in [-0.2, -0.15) is 0 Å². The lowest BCUT2D eigenvalue weighted by atomic mass is 9.86. The maximum absolute atomic E-state index is 11.3. The quantitative estimate of drug-likeness (QED) is 0.888. The van der Waals surface area contributed by atoms with Gasteiger partial charge in [0.2, 0.25) is 0 Å². The molecule has 18 heavy (non-hydrogen) atoms. The van der Waals surface area contributed by atoms with Crippen molar-refractivity contribution in [2.45, 2.75) is 20.4 Å². The number of aliphatic carboxylic acids is 1. The maximum atomic E-state index is 11.3. The van der Waals surface area contributed by atoms with Gasteiger partial charge in [-0.15, -0.1) is 0 Å². The molecule has 2 atom stereocenters. The molecule has 0 amide bonds. The average Bonchev–Trinajstić information content (AvgIpc) is 2.74. The Hall–Kier alpha value is -1.35. The number of hydrogen-bond donors (Lipinski definition) is 1. The second-order valence-electron chi connectivity index (χ2n) is 5.53. The van der Waals surface area contributed by atoms with Crippen LogP contribution in [0.25, 0.3) is 0 Å². The molecule has 0 spiro atoms. The van der Waals surface area contributed by atoms with Crippen molar-refractivity contribution in [3.05, 3.63) is 35.9 Å². The van der Waals surface area contributed by atoms with Gasteiger partial charge in [0.1, 0.15) is 0 Å². The predicted octanol–water partition coefficient (Wildman–Crippen LogP) is 2.48. The predicted molar refractivity (Wildman–Crippen MR) is 71.2 cm³/mol. The molecule has 1 N–H and O–H groups in total. The SMILES string of the molecule is CC(C)[C@H]1CN(Cc2ccccc2)C[C@H]1C(=O)O. The highest BCUT2D eigenvalue weighted by Crippen LogP contribution is 2.30. The van der Waals surface area contributed by atoms with Crippen LogP contribution >= 0.6 is 0 Å². The van der Waals surface area contributed by atoms with Crippen molar-refractivity contribution in [2.75, 3.05) is 13.1 Å². The van der Waals surface area contributed by atoms with E-state index in [0.29, 0.717) is 12.5 Å². The fourth-order valence-electron chi connectivity index (χ4n) is 2.82. The molecule has 1 aliphatic heterocycles. The summed E-state index contributed by atoms with van der Waals surface area (Å²) in [5, 5.41) is 9.29. The van der Waals surface area contributed by atoms with Gasteiger partial charge in [-0.25, -0.2) is 0 Å². The molecule has 1 aromatic carbocycles. The van der Waals surface area contributed by atoms with Crippen LogP contribution in [0.3, 0.4) is 0 Å². The summed E-state index contributed by atoms with van der Waals surface area (Å²) in [5.74, 6) is -0.170. The highest BCUT2D eigenvalue weighted by molar-refractivity contribution is 5.71. The molecular weight excluding hydrogens is 226 g/mol. The van der Waals surface area contributed by atoms with Crippen LogP contribution in [0.5, 0.6) is 0 Å². The number of likely N-dealkylation sites (tertiary alicyclic amines) is 1. The summed E-state index contributed by atoms with van der Waals surface area (Å²) in [6.07, 6.45) is 0. The van der Waals surface area contributed by atoms with Gasteiger partial charge < -0.3 is 5.11 Å². The Morgan fingerprint density at radius 3 is 2.50 bits per heavy atom. The minimum atomic E-state index is -0.649. The Bertz CT molecular complexity index is 402. The van der Waals surface area contributed by atoms with E-state index >= 15 is 0 Å². The number of nitrogens with zero attached hydrogens (tertiary/aromatic N) is 1. The van der Waals surface area contributed by atoms with Crippen molar-refractivity contribution < 1.29 is 9.90 Å².